The molecule has 1 aliphatic rings. The van der Waals surface area contributed by atoms with Crippen molar-refractivity contribution in [2.75, 3.05) is 13.2 Å². The van der Waals surface area contributed by atoms with E-state index in [1.54, 1.807) is 0 Å². The third-order valence-corrected chi connectivity index (χ3v) is 4.38. The highest BCUT2D eigenvalue weighted by atomic mass is 16.5. The summed E-state index contributed by atoms with van der Waals surface area (Å²) < 4.78 is 5.33. The molecule has 0 bridgehead atoms. The molecule has 2 N–H and O–H groups in total. The third kappa shape index (κ3) is 3.47. The standard InChI is InChI=1S/C15H29NO2/c1-3-11-15(12-16,14(17)18-4-2)13-9-7-5-6-8-10-13/h13H,3-12,16H2,1-2H3. The van der Waals surface area contributed by atoms with Crippen LogP contribution in [0.2, 0.25) is 0 Å². The lowest BCUT2D eigenvalue weighted by molar-refractivity contribution is -0.159. The molecule has 0 amide bonds. The molecule has 1 atom stereocenters. The maximum absolute atomic E-state index is 12.4. The van der Waals surface area contributed by atoms with E-state index in [4.69, 9.17) is 10.5 Å². The zero-order valence-electron chi connectivity index (χ0n) is 12.0. The number of hydrogen-bond donors (Lipinski definition) is 1. The molecule has 1 fully saturated rings. The van der Waals surface area contributed by atoms with Crippen molar-refractivity contribution in [1.82, 2.24) is 0 Å². The number of rotatable bonds is 6. The first-order valence-corrected chi connectivity index (χ1v) is 7.58. The summed E-state index contributed by atoms with van der Waals surface area (Å²) in [5.74, 6) is 0.366. The molecule has 0 radical (unpaired) electrons. The average molecular weight is 255 g/mol. The Labute approximate surface area is 111 Å². The van der Waals surface area contributed by atoms with Crippen molar-refractivity contribution < 1.29 is 9.53 Å². The second-order valence-electron chi connectivity index (χ2n) is 5.52. The Hall–Kier alpha value is -0.570. The smallest absolute Gasteiger partial charge is 0.313 e. The Bertz CT molecular complexity index is 247. The predicted molar refractivity (Wildman–Crippen MR) is 74.2 cm³/mol. The highest BCUT2D eigenvalue weighted by molar-refractivity contribution is 5.77. The van der Waals surface area contributed by atoms with Gasteiger partial charge in [-0.25, -0.2) is 0 Å². The summed E-state index contributed by atoms with van der Waals surface area (Å²) in [7, 11) is 0. The lowest BCUT2D eigenvalue weighted by Crippen LogP contribution is -2.46. The van der Waals surface area contributed by atoms with Crippen LogP contribution in [0.25, 0.3) is 0 Å². The number of carbonyl (C=O) groups is 1. The second kappa shape index (κ2) is 7.78. The Morgan fingerprint density at radius 2 is 1.83 bits per heavy atom. The quantitative estimate of drug-likeness (QED) is 0.585. The van der Waals surface area contributed by atoms with Gasteiger partial charge in [0.1, 0.15) is 0 Å². The van der Waals surface area contributed by atoms with Crippen molar-refractivity contribution in [2.45, 2.75) is 65.2 Å². The molecular formula is C15H29NO2. The van der Waals surface area contributed by atoms with E-state index < -0.39 is 5.41 Å². The van der Waals surface area contributed by atoms with Crippen molar-refractivity contribution in [3.63, 3.8) is 0 Å². The minimum absolute atomic E-state index is 0.0544. The van der Waals surface area contributed by atoms with Gasteiger partial charge in [0.2, 0.25) is 0 Å². The van der Waals surface area contributed by atoms with Crippen LogP contribution in [0.15, 0.2) is 0 Å². The molecule has 1 aliphatic carbocycles. The van der Waals surface area contributed by atoms with Gasteiger partial charge in [0.25, 0.3) is 0 Å². The van der Waals surface area contributed by atoms with Gasteiger partial charge in [-0.3, -0.25) is 4.79 Å². The van der Waals surface area contributed by atoms with E-state index in [0.717, 1.165) is 25.7 Å². The number of nitrogens with two attached hydrogens (primary N) is 1. The Balaban J connectivity index is 2.88. The van der Waals surface area contributed by atoms with Gasteiger partial charge in [-0.15, -0.1) is 0 Å². The number of ether oxygens (including phenoxy) is 1. The van der Waals surface area contributed by atoms with Crippen LogP contribution < -0.4 is 5.73 Å². The molecule has 1 saturated carbocycles. The van der Waals surface area contributed by atoms with Crippen LogP contribution in [0.1, 0.15) is 65.2 Å². The molecule has 0 saturated heterocycles. The summed E-state index contributed by atoms with van der Waals surface area (Å²) >= 11 is 0. The molecule has 1 unspecified atom stereocenters. The number of carbonyl (C=O) groups excluding carboxylic acids is 1. The molecule has 0 aromatic rings. The normalized spacial score (nSPS) is 21.1. The zero-order valence-corrected chi connectivity index (χ0v) is 12.0. The van der Waals surface area contributed by atoms with Crippen LogP contribution in [0.5, 0.6) is 0 Å². The first-order chi connectivity index (χ1) is 8.71. The van der Waals surface area contributed by atoms with E-state index in [1.807, 2.05) is 6.92 Å². The monoisotopic (exact) mass is 255 g/mol. The molecule has 1 rings (SSSR count). The van der Waals surface area contributed by atoms with Crippen LogP contribution in [0, 0.1) is 11.3 Å². The second-order valence-corrected chi connectivity index (χ2v) is 5.52. The fraction of sp³-hybridized carbons (Fsp3) is 0.933. The van der Waals surface area contributed by atoms with Crippen molar-refractivity contribution in [3.05, 3.63) is 0 Å². The van der Waals surface area contributed by atoms with Crippen LogP contribution in [0.4, 0.5) is 0 Å². The Morgan fingerprint density at radius 3 is 2.28 bits per heavy atom. The number of esters is 1. The molecule has 3 nitrogen and oxygen atoms in total. The Morgan fingerprint density at radius 1 is 1.22 bits per heavy atom. The van der Waals surface area contributed by atoms with Gasteiger partial charge >= 0.3 is 5.97 Å². The fourth-order valence-electron chi connectivity index (χ4n) is 3.38. The summed E-state index contributed by atoms with van der Waals surface area (Å²) in [6.07, 6.45) is 9.19. The minimum atomic E-state index is -0.422. The van der Waals surface area contributed by atoms with Crippen LogP contribution in [-0.2, 0) is 9.53 Å². The van der Waals surface area contributed by atoms with E-state index in [9.17, 15) is 4.79 Å². The molecule has 0 aliphatic heterocycles. The summed E-state index contributed by atoms with van der Waals surface area (Å²) in [5.41, 5.74) is 5.58. The van der Waals surface area contributed by atoms with Crippen LogP contribution in [0.3, 0.4) is 0 Å². The van der Waals surface area contributed by atoms with E-state index in [-0.39, 0.29) is 5.97 Å². The van der Waals surface area contributed by atoms with Gasteiger partial charge < -0.3 is 10.5 Å². The van der Waals surface area contributed by atoms with E-state index in [1.165, 1.54) is 25.7 Å². The van der Waals surface area contributed by atoms with E-state index >= 15 is 0 Å². The van der Waals surface area contributed by atoms with Crippen molar-refractivity contribution in [1.29, 1.82) is 0 Å². The predicted octanol–water partition coefficient (Wildman–Crippen LogP) is 3.27. The molecule has 0 heterocycles. The third-order valence-electron chi connectivity index (χ3n) is 4.38. The first-order valence-electron chi connectivity index (χ1n) is 7.58. The topological polar surface area (TPSA) is 52.3 Å². The van der Waals surface area contributed by atoms with Gasteiger partial charge in [0.05, 0.1) is 12.0 Å². The van der Waals surface area contributed by atoms with Crippen LogP contribution >= 0.6 is 0 Å². The zero-order chi connectivity index (χ0) is 13.4. The first kappa shape index (κ1) is 15.5. The van der Waals surface area contributed by atoms with E-state index in [2.05, 4.69) is 6.92 Å². The maximum atomic E-state index is 12.4. The van der Waals surface area contributed by atoms with Gasteiger partial charge in [-0.1, -0.05) is 39.0 Å². The summed E-state index contributed by atoms with van der Waals surface area (Å²) in [5, 5.41) is 0. The average Bonchev–Trinajstić information content (AvgIpc) is 2.65. The number of hydrogen-bond acceptors (Lipinski definition) is 3. The molecule has 3 heteroatoms. The molecule has 0 aromatic heterocycles. The Kier molecular flexibility index (Phi) is 6.69. The molecule has 0 spiro atoms. The van der Waals surface area contributed by atoms with Crippen molar-refractivity contribution >= 4 is 5.97 Å². The van der Waals surface area contributed by atoms with Gasteiger partial charge in [0, 0.05) is 6.54 Å². The van der Waals surface area contributed by atoms with Gasteiger partial charge in [-0.2, -0.15) is 0 Å². The van der Waals surface area contributed by atoms with Gasteiger partial charge in [-0.05, 0) is 32.1 Å². The highest BCUT2D eigenvalue weighted by Gasteiger charge is 2.44. The largest absolute Gasteiger partial charge is 0.466 e. The van der Waals surface area contributed by atoms with Crippen LogP contribution in [-0.4, -0.2) is 19.1 Å². The lowest BCUT2D eigenvalue weighted by atomic mass is 9.69. The van der Waals surface area contributed by atoms with E-state index in [0.29, 0.717) is 19.1 Å². The van der Waals surface area contributed by atoms with Crippen molar-refractivity contribution in [2.24, 2.45) is 17.1 Å². The maximum Gasteiger partial charge on any atom is 0.313 e. The van der Waals surface area contributed by atoms with Crippen molar-refractivity contribution in [3.8, 4) is 0 Å². The molecule has 18 heavy (non-hydrogen) atoms. The van der Waals surface area contributed by atoms with Gasteiger partial charge in [0.15, 0.2) is 0 Å². The molecular weight excluding hydrogens is 226 g/mol. The summed E-state index contributed by atoms with van der Waals surface area (Å²) in [6, 6.07) is 0. The summed E-state index contributed by atoms with van der Waals surface area (Å²) in [6.45, 7) is 4.89. The SMILES string of the molecule is CCCC(CN)(C(=O)OCC)C1CCCCCC1. The highest BCUT2D eigenvalue weighted by Crippen LogP contribution is 2.41. The molecule has 106 valence electrons. The minimum Gasteiger partial charge on any atom is -0.466 e. The summed E-state index contributed by atoms with van der Waals surface area (Å²) in [4.78, 5) is 12.4. The lowest BCUT2D eigenvalue weighted by Gasteiger charge is -2.37. The fourth-order valence-corrected chi connectivity index (χ4v) is 3.38. The molecule has 0 aromatic carbocycles.